The molecule has 1 saturated heterocycles. The first-order chi connectivity index (χ1) is 3.30. The summed E-state index contributed by atoms with van der Waals surface area (Å²) in [6, 6.07) is 0. The van der Waals surface area contributed by atoms with Crippen molar-refractivity contribution in [3.05, 3.63) is 0 Å². The molecule has 1 fully saturated rings. The second-order valence-corrected chi connectivity index (χ2v) is 18.4. The van der Waals surface area contributed by atoms with E-state index in [-0.39, 0.29) is 5.06 Å². The van der Waals surface area contributed by atoms with Gasteiger partial charge in [0.1, 0.15) is 0 Å². The van der Waals surface area contributed by atoms with Crippen molar-refractivity contribution < 1.29 is 0 Å². The Balaban J connectivity index is 2.33. The SMILES string of the molecule is CN1CC[Se][SiH]1I. The molecule has 1 aliphatic heterocycles. The Labute approximate surface area is 64.3 Å². The van der Waals surface area contributed by atoms with E-state index in [4.69, 9.17) is 0 Å². The maximum atomic E-state index is 2.65. The molecule has 0 aliphatic carbocycles. The molecule has 1 rings (SSSR count). The van der Waals surface area contributed by atoms with Gasteiger partial charge < -0.3 is 0 Å². The van der Waals surface area contributed by atoms with Crippen molar-refractivity contribution in [3.8, 4) is 0 Å². The van der Waals surface area contributed by atoms with Gasteiger partial charge in [-0.25, -0.2) is 0 Å². The fourth-order valence-electron chi connectivity index (χ4n) is 0.523. The minimum atomic E-state index is -0.278. The van der Waals surface area contributed by atoms with E-state index in [1.165, 1.54) is 11.9 Å². The summed E-state index contributed by atoms with van der Waals surface area (Å²) in [7, 11) is 2.26. The molecule has 0 spiro atoms. The van der Waals surface area contributed by atoms with Crippen LogP contribution in [0.3, 0.4) is 0 Å². The third-order valence-corrected chi connectivity index (χ3v) is 16.8. The van der Waals surface area contributed by atoms with Crippen LogP contribution in [0.25, 0.3) is 0 Å². The van der Waals surface area contributed by atoms with Crippen molar-refractivity contribution in [2.75, 3.05) is 13.6 Å². The van der Waals surface area contributed by atoms with Crippen LogP contribution in [0.2, 0.25) is 5.32 Å². The molecule has 0 aromatic rings. The van der Waals surface area contributed by atoms with E-state index >= 15 is 0 Å². The van der Waals surface area contributed by atoms with Crippen molar-refractivity contribution in [2.24, 2.45) is 0 Å². The molecule has 4 heteroatoms. The van der Waals surface area contributed by atoms with Gasteiger partial charge in [0.25, 0.3) is 0 Å². The second kappa shape index (κ2) is 2.82. The van der Waals surface area contributed by atoms with Crippen LogP contribution in [0, 0.1) is 0 Å². The summed E-state index contributed by atoms with van der Waals surface area (Å²) in [5.74, 6) is 0. The Bertz CT molecular complexity index is 64.0. The molecular weight excluding hydrogens is 284 g/mol. The molecule has 42 valence electrons. The minimum absolute atomic E-state index is 0.278. The maximum absolute atomic E-state index is 2.65. The Morgan fingerprint density at radius 3 is 2.71 bits per heavy atom. The van der Waals surface area contributed by atoms with E-state index in [2.05, 4.69) is 33.4 Å². The molecule has 0 N–H and O–H groups in total. The van der Waals surface area contributed by atoms with Crippen LogP contribution in [0.1, 0.15) is 0 Å². The first kappa shape index (κ1) is 6.55. The van der Waals surface area contributed by atoms with Gasteiger partial charge in [0.05, 0.1) is 0 Å². The van der Waals surface area contributed by atoms with Crippen molar-refractivity contribution >= 4 is 41.2 Å². The molecule has 0 bridgehead atoms. The molecule has 0 aromatic carbocycles. The van der Waals surface area contributed by atoms with Crippen molar-refractivity contribution in [3.63, 3.8) is 0 Å². The third-order valence-electron chi connectivity index (χ3n) is 1.05. The van der Waals surface area contributed by atoms with Crippen LogP contribution in [-0.2, 0) is 0 Å². The molecule has 1 heterocycles. The van der Waals surface area contributed by atoms with Crippen molar-refractivity contribution in [1.82, 2.24) is 4.57 Å². The molecule has 1 unspecified atom stereocenters. The summed E-state index contributed by atoms with van der Waals surface area (Å²) < 4.78 is 2.56. The van der Waals surface area contributed by atoms with Crippen molar-refractivity contribution in [2.45, 2.75) is 5.32 Å². The topological polar surface area (TPSA) is 3.24 Å². The van der Waals surface area contributed by atoms with Crippen LogP contribution in [0.4, 0.5) is 0 Å². The van der Waals surface area contributed by atoms with E-state index in [1.807, 2.05) is 0 Å². The zero-order valence-corrected chi connectivity index (χ0v) is 9.25. The molecule has 1 aliphatic rings. The predicted molar refractivity (Wildman–Crippen MR) is 44.4 cm³/mol. The molecule has 1 nitrogen and oxygen atoms in total. The Morgan fingerprint density at radius 2 is 2.57 bits per heavy atom. The van der Waals surface area contributed by atoms with E-state index in [0.717, 1.165) is 14.3 Å². The van der Waals surface area contributed by atoms with Gasteiger partial charge in [0.15, 0.2) is 0 Å². The number of nitrogens with zero attached hydrogens (tertiary/aromatic N) is 1. The molecule has 0 aromatic heterocycles. The Morgan fingerprint density at radius 1 is 1.86 bits per heavy atom. The fraction of sp³-hybridized carbons (Fsp3) is 1.00. The summed E-state index contributed by atoms with van der Waals surface area (Å²) in [5.41, 5.74) is 0. The summed E-state index contributed by atoms with van der Waals surface area (Å²) in [6.45, 7) is 1.39. The van der Waals surface area contributed by atoms with Gasteiger partial charge in [-0.2, -0.15) is 0 Å². The molecule has 7 heavy (non-hydrogen) atoms. The van der Waals surface area contributed by atoms with Crippen LogP contribution in [-0.4, -0.2) is 37.5 Å². The summed E-state index contributed by atoms with van der Waals surface area (Å²) in [4.78, 5) is 0. The van der Waals surface area contributed by atoms with E-state index in [0.29, 0.717) is 0 Å². The zero-order chi connectivity index (χ0) is 5.28. The van der Waals surface area contributed by atoms with Crippen LogP contribution >= 0.6 is 21.8 Å². The van der Waals surface area contributed by atoms with E-state index in [1.54, 1.807) is 0 Å². The molecular formula is C3H8INSeSi. The first-order valence-electron chi connectivity index (χ1n) is 2.26. The van der Waals surface area contributed by atoms with Gasteiger partial charge in [-0.05, 0) is 0 Å². The number of hydrogen-bond donors (Lipinski definition) is 0. The van der Waals surface area contributed by atoms with Crippen LogP contribution in [0.15, 0.2) is 0 Å². The predicted octanol–water partition coefficient (Wildman–Crippen LogP) is 0.207. The van der Waals surface area contributed by atoms with Gasteiger partial charge in [-0.3, -0.25) is 0 Å². The summed E-state index contributed by atoms with van der Waals surface area (Å²) in [6.07, 6.45) is 0. The Hall–Kier alpha value is 1.43. The van der Waals surface area contributed by atoms with Gasteiger partial charge in [0.2, 0.25) is 0 Å². The molecule has 0 saturated carbocycles. The molecule has 1 atom stereocenters. The molecule has 0 amide bonds. The zero-order valence-electron chi connectivity index (χ0n) is 4.22. The van der Waals surface area contributed by atoms with Crippen LogP contribution < -0.4 is 0 Å². The third kappa shape index (κ3) is 1.67. The normalized spacial score (nSPS) is 34.3. The monoisotopic (exact) mass is 293 g/mol. The number of halogens is 1. The van der Waals surface area contributed by atoms with Gasteiger partial charge in [0, 0.05) is 0 Å². The van der Waals surface area contributed by atoms with Crippen molar-refractivity contribution in [1.29, 1.82) is 0 Å². The number of rotatable bonds is 0. The molecule has 0 radical (unpaired) electrons. The van der Waals surface area contributed by atoms with Gasteiger partial charge in [-0.15, -0.1) is 0 Å². The summed E-state index contributed by atoms with van der Waals surface area (Å²) in [5, 5.41) is 1.24. The second-order valence-electron chi connectivity index (χ2n) is 1.64. The average molecular weight is 292 g/mol. The quantitative estimate of drug-likeness (QED) is 0.350. The Kier molecular flexibility index (Phi) is 2.64. The van der Waals surface area contributed by atoms with Gasteiger partial charge in [-0.1, -0.05) is 0 Å². The fourth-order valence-corrected chi connectivity index (χ4v) is 11.4. The van der Waals surface area contributed by atoms with Crippen LogP contribution in [0.5, 0.6) is 0 Å². The van der Waals surface area contributed by atoms with Gasteiger partial charge >= 0.3 is 64.7 Å². The van der Waals surface area contributed by atoms with E-state index < -0.39 is 0 Å². The first-order valence-corrected chi connectivity index (χ1v) is 11.6. The summed E-state index contributed by atoms with van der Waals surface area (Å²) >= 11 is 3.70. The number of hydrogen-bond acceptors (Lipinski definition) is 1. The average Bonchev–Trinajstić information content (AvgIpc) is 1.91. The standard InChI is InChI=1S/C3H8INSeSi/c1-5-2-3-6-7(5)4/h7H,2-3H2,1H3. The van der Waals surface area contributed by atoms with E-state index in [9.17, 15) is 0 Å².